The maximum absolute atomic E-state index is 13.9. The van der Waals surface area contributed by atoms with Crippen LogP contribution in [-0.2, 0) is 9.84 Å². The van der Waals surface area contributed by atoms with Gasteiger partial charge in [0.2, 0.25) is 0 Å². The highest BCUT2D eigenvalue weighted by molar-refractivity contribution is 7.91. The first-order valence-corrected chi connectivity index (χ1v) is 9.13. The summed E-state index contributed by atoms with van der Waals surface area (Å²) in [5.74, 6) is 0.0361. The fourth-order valence-electron chi connectivity index (χ4n) is 2.74. The van der Waals surface area contributed by atoms with Gasteiger partial charge in [0.1, 0.15) is 21.4 Å². The molecule has 1 saturated carbocycles. The predicted molar refractivity (Wildman–Crippen MR) is 80.5 cm³/mol. The molecule has 3 unspecified atom stereocenters. The van der Waals surface area contributed by atoms with Crippen molar-refractivity contribution < 1.29 is 17.5 Å². The summed E-state index contributed by atoms with van der Waals surface area (Å²) < 4.78 is 42.9. The number of halogens is 1. The molecule has 6 heteroatoms. The van der Waals surface area contributed by atoms with E-state index in [1.807, 2.05) is 0 Å². The quantitative estimate of drug-likeness (QED) is 0.927. The lowest BCUT2D eigenvalue weighted by Crippen LogP contribution is -2.33. The number of hydrogen-bond acceptors (Lipinski definition) is 4. The Morgan fingerprint density at radius 3 is 2.67 bits per heavy atom. The van der Waals surface area contributed by atoms with Crippen molar-refractivity contribution >= 4 is 9.84 Å². The molecule has 0 heterocycles. The van der Waals surface area contributed by atoms with Crippen LogP contribution in [-0.4, -0.2) is 26.0 Å². The van der Waals surface area contributed by atoms with E-state index < -0.39 is 15.7 Å². The van der Waals surface area contributed by atoms with E-state index in [1.165, 1.54) is 12.3 Å². The van der Waals surface area contributed by atoms with E-state index >= 15 is 0 Å². The Bertz CT molecular complexity index is 601. The van der Waals surface area contributed by atoms with Gasteiger partial charge in [-0.15, -0.1) is 0 Å². The second kappa shape index (κ2) is 6.32. The Labute approximate surface area is 125 Å². The third-order valence-electron chi connectivity index (χ3n) is 3.95. The van der Waals surface area contributed by atoms with Crippen LogP contribution in [0.1, 0.15) is 44.2 Å². The van der Waals surface area contributed by atoms with Crippen molar-refractivity contribution in [2.24, 2.45) is 5.73 Å². The molecule has 2 rings (SSSR count). The van der Waals surface area contributed by atoms with Gasteiger partial charge in [-0.3, -0.25) is 0 Å². The highest BCUT2D eigenvalue weighted by Crippen LogP contribution is 2.28. The molecule has 0 saturated heterocycles. The monoisotopic (exact) mass is 315 g/mol. The van der Waals surface area contributed by atoms with E-state index in [2.05, 4.69) is 0 Å². The van der Waals surface area contributed by atoms with Crippen LogP contribution < -0.4 is 10.5 Å². The van der Waals surface area contributed by atoms with Crippen molar-refractivity contribution in [3.8, 4) is 5.75 Å². The fraction of sp³-hybridized carbons (Fsp3) is 0.600. The minimum atomic E-state index is -3.05. The van der Waals surface area contributed by atoms with Crippen molar-refractivity contribution in [1.29, 1.82) is 0 Å². The zero-order valence-electron chi connectivity index (χ0n) is 12.4. The predicted octanol–water partition coefficient (Wildman–Crippen LogP) is 2.58. The van der Waals surface area contributed by atoms with Crippen molar-refractivity contribution in [3.05, 3.63) is 29.6 Å². The molecular weight excluding hydrogens is 293 g/mol. The Kier molecular flexibility index (Phi) is 4.88. The summed E-state index contributed by atoms with van der Waals surface area (Å²) in [5.41, 5.74) is 6.11. The molecule has 0 aliphatic heterocycles. The Balaban J connectivity index is 2.06. The van der Waals surface area contributed by atoms with Crippen LogP contribution in [0.4, 0.5) is 4.39 Å². The van der Waals surface area contributed by atoms with Gasteiger partial charge in [-0.05, 0) is 32.3 Å². The lowest BCUT2D eigenvalue weighted by atomic mass is 9.97. The minimum Gasteiger partial charge on any atom is -0.490 e. The number of rotatable bonds is 4. The first kappa shape index (κ1) is 16.2. The average Bonchev–Trinajstić information content (AvgIpc) is 2.37. The molecule has 0 radical (unpaired) electrons. The van der Waals surface area contributed by atoms with E-state index in [4.69, 9.17) is 10.5 Å². The topological polar surface area (TPSA) is 69.4 Å². The Morgan fingerprint density at radius 2 is 2.10 bits per heavy atom. The number of sulfone groups is 1. The summed E-state index contributed by atoms with van der Waals surface area (Å²) in [4.78, 5) is 0. The Morgan fingerprint density at radius 1 is 1.38 bits per heavy atom. The molecule has 118 valence electrons. The standard InChI is InChI=1S/C15H22FNO3S/c1-10(17)14-7-6-12(9-15(14)16)20-11-4-3-5-13(8-11)21(2,18)19/h6-7,9-11,13H,3-5,8,17H2,1-2H3. The van der Waals surface area contributed by atoms with Gasteiger partial charge in [-0.2, -0.15) is 0 Å². The van der Waals surface area contributed by atoms with E-state index in [-0.39, 0.29) is 17.4 Å². The summed E-state index contributed by atoms with van der Waals surface area (Å²) in [6, 6.07) is 4.25. The van der Waals surface area contributed by atoms with Gasteiger partial charge in [0.25, 0.3) is 0 Å². The van der Waals surface area contributed by atoms with Crippen molar-refractivity contribution in [2.75, 3.05) is 6.26 Å². The van der Waals surface area contributed by atoms with Gasteiger partial charge < -0.3 is 10.5 Å². The first-order chi connectivity index (χ1) is 9.77. The highest BCUT2D eigenvalue weighted by atomic mass is 32.2. The molecule has 2 N–H and O–H groups in total. The average molecular weight is 315 g/mol. The van der Waals surface area contributed by atoms with E-state index in [1.54, 1.807) is 19.1 Å². The molecule has 0 bridgehead atoms. The summed E-state index contributed by atoms with van der Waals surface area (Å²) in [7, 11) is -3.05. The minimum absolute atomic E-state index is 0.181. The molecule has 4 nitrogen and oxygen atoms in total. The van der Waals surface area contributed by atoms with E-state index in [0.717, 1.165) is 12.8 Å². The van der Waals surface area contributed by atoms with Gasteiger partial charge in [0, 0.05) is 30.3 Å². The SMILES string of the molecule is CC(N)c1ccc(OC2CCCC(S(C)(=O)=O)C2)cc1F. The Hall–Kier alpha value is -1.14. The molecule has 1 aromatic carbocycles. The second-order valence-corrected chi connectivity index (χ2v) is 8.16. The summed E-state index contributed by atoms with van der Waals surface area (Å²) >= 11 is 0. The molecule has 1 aliphatic carbocycles. The lowest BCUT2D eigenvalue weighted by molar-refractivity contribution is 0.155. The summed E-state index contributed by atoms with van der Waals surface area (Å²) in [6.07, 6.45) is 3.83. The number of hydrogen-bond donors (Lipinski definition) is 1. The molecule has 0 spiro atoms. The van der Waals surface area contributed by atoms with Crippen LogP contribution in [0.2, 0.25) is 0 Å². The zero-order chi connectivity index (χ0) is 15.6. The van der Waals surface area contributed by atoms with Gasteiger partial charge in [0.05, 0.1) is 11.4 Å². The normalized spacial score (nSPS) is 24.6. The molecular formula is C15H22FNO3S. The maximum atomic E-state index is 13.9. The third kappa shape index (κ3) is 4.17. The number of nitrogens with two attached hydrogens (primary N) is 1. The number of benzene rings is 1. The molecule has 3 atom stereocenters. The van der Waals surface area contributed by atoms with Crippen LogP contribution in [0.25, 0.3) is 0 Å². The van der Waals surface area contributed by atoms with E-state index in [9.17, 15) is 12.8 Å². The van der Waals surface area contributed by atoms with Crippen LogP contribution in [0, 0.1) is 5.82 Å². The van der Waals surface area contributed by atoms with Crippen LogP contribution in [0.5, 0.6) is 5.75 Å². The molecule has 1 aliphatic rings. The highest BCUT2D eigenvalue weighted by Gasteiger charge is 2.30. The van der Waals surface area contributed by atoms with Crippen LogP contribution >= 0.6 is 0 Å². The van der Waals surface area contributed by atoms with Gasteiger partial charge in [-0.1, -0.05) is 6.07 Å². The van der Waals surface area contributed by atoms with Gasteiger partial charge in [0.15, 0.2) is 0 Å². The van der Waals surface area contributed by atoms with Crippen molar-refractivity contribution in [1.82, 2.24) is 0 Å². The fourth-order valence-corrected chi connectivity index (χ4v) is 3.90. The molecule has 0 amide bonds. The summed E-state index contributed by atoms with van der Waals surface area (Å²) in [6.45, 7) is 1.72. The van der Waals surface area contributed by atoms with Crippen molar-refractivity contribution in [3.63, 3.8) is 0 Å². The summed E-state index contributed by atoms with van der Waals surface area (Å²) in [5, 5.41) is -0.357. The lowest BCUT2D eigenvalue weighted by Gasteiger charge is -2.28. The van der Waals surface area contributed by atoms with E-state index in [0.29, 0.717) is 24.2 Å². The van der Waals surface area contributed by atoms with Gasteiger partial charge >= 0.3 is 0 Å². The van der Waals surface area contributed by atoms with Crippen molar-refractivity contribution in [2.45, 2.75) is 50.0 Å². The maximum Gasteiger partial charge on any atom is 0.150 e. The molecule has 1 fully saturated rings. The van der Waals surface area contributed by atoms with Crippen LogP contribution in [0.3, 0.4) is 0 Å². The third-order valence-corrected chi connectivity index (χ3v) is 5.59. The largest absolute Gasteiger partial charge is 0.490 e. The van der Waals surface area contributed by atoms with Gasteiger partial charge in [-0.25, -0.2) is 12.8 Å². The first-order valence-electron chi connectivity index (χ1n) is 7.18. The zero-order valence-corrected chi connectivity index (χ0v) is 13.2. The number of ether oxygens (including phenoxy) is 1. The molecule has 21 heavy (non-hydrogen) atoms. The molecule has 1 aromatic rings. The smallest absolute Gasteiger partial charge is 0.150 e. The molecule has 0 aromatic heterocycles. The van der Waals surface area contributed by atoms with Crippen LogP contribution in [0.15, 0.2) is 18.2 Å². The second-order valence-electron chi connectivity index (χ2n) is 5.83.